The van der Waals surface area contributed by atoms with Crippen LogP contribution >= 0.6 is 11.3 Å². The van der Waals surface area contributed by atoms with Crippen LogP contribution in [0, 0.1) is 11.3 Å². The van der Waals surface area contributed by atoms with E-state index in [4.69, 9.17) is 5.26 Å². The van der Waals surface area contributed by atoms with Gasteiger partial charge in [0.25, 0.3) is 5.91 Å². The van der Waals surface area contributed by atoms with E-state index in [9.17, 15) is 9.90 Å². The molecule has 2 rings (SSSR count). The van der Waals surface area contributed by atoms with Gasteiger partial charge < -0.3 is 10.0 Å². The summed E-state index contributed by atoms with van der Waals surface area (Å²) in [5.74, 6) is -0.192. The molecule has 1 aliphatic rings. The van der Waals surface area contributed by atoms with Crippen LogP contribution in [-0.4, -0.2) is 53.1 Å². The number of hydrogen-bond donors (Lipinski definition) is 1. The van der Waals surface area contributed by atoms with Crippen LogP contribution in [0.25, 0.3) is 0 Å². The summed E-state index contributed by atoms with van der Waals surface area (Å²) in [6.45, 7) is 5.24. The number of hydrogen-bond acceptors (Lipinski definition) is 5. The normalized spacial score (nSPS) is 18.1. The summed E-state index contributed by atoms with van der Waals surface area (Å²) < 4.78 is 0. The number of carbonyl (C=O) groups excluding carboxylic acids is 1. The first kappa shape index (κ1) is 14.0. The van der Waals surface area contributed by atoms with E-state index >= 15 is 0 Å². The van der Waals surface area contributed by atoms with Crippen LogP contribution in [0.5, 0.6) is 0 Å². The monoisotopic (exact) mass is 279 g/mol. The van der Waals surface area contributed by atoms with E-state index in [1.807, 2.05) is 11.4 Å². The molecular formula is C13H17N3O2S. The van der Waals surface area contributed by atoms with Crippen LogP contribution in [0.4, 0.5) is 0 Å². The largest absolute Gasteiger partial charge is 0.384 e. The number of thiophene rings is 1. The Balaban J connectivity index is 1.84. The maximum atomic E-state index is 11.6. The second-order valence-corrected chi connectivity index (χ2v) is 5.69. The Labute approximate surface area is 116 Å². The maximum absolute atomic E-state index is 11.6. The van der Waals surface area contributed by atoms with Gasteiger partial charge in [-0.15, -0.1) is 11.3 Å². The average Bonchev–Trinajstić information content (AvgIpc) is 2.86. The molecule has 19 heavy (non-hydrogen) atoms. The predicted octanol–water partition coefficient (Wildman–Crippen LogP) is 0.645. The average molecular weight is 279 g/mol. The fraction of sp³-hybridized carbons (Fsp3) is 0.538. The highest BCUT2D eigenvalue weighted by atomic mass is 32.1. The summed E-state index contributed by atoms with van der Waals surface area (Å²) >= 11 is 1.60. The molecule has 2 heterocycles. The SMILES string of the molecule is CC(O)C(=O)N1CCN(Cc2cc(C#N)cs2)CC1. The van der Waals surface area contributed by atoms with E-state index in [1.54, 1.807) is 16.2 Å². The van der Waals surface area contributed by atoms with Gasteiger partial charge in [0.05, 0.1) is 5.56 Å². The lowest BCUT2D eigenvalue weighted by atomic mass is 10.2. The van der Waals surface area contributed by atoms with Crippen molar-refractivity contribution in [2.75, 3.05) is 26.2 Å². The summed E-state index contributed by atoms with van der Waals surface area (Å²) in [6.07, 6.45) is -0.915. The molecule has 1 saturated heterocycles. The fourth-order valence-electron chi connectivity index (χ4n) is 2.13. The van der Waals surface area contributed by atoms with Crippen LogP contribution in [-0.2, 0) is 11.3 Å². The van der Waals surface area contributed by atoms with Gasteiger partial charge in [0, 0.05) is 43.0 Å². The van der Waals surface area contributed by atoms with Gasteiger partial charge in [0.1, 0.15) is 12.2 Å². The van der Waals surface area contributed by atoms with E-state index in [2.05, 4.69) is 11.0 Å². The van der Waals surface area contributed by atoms with E-state index in [1.165, 1.54) is 11.8 Å². The van der Waals surface area contributed by atoms with Gasteiger partial charge >= 0.3 is 0 Å². The number of rotatable bonds is 3. The Morgan fingerprint density at radius 3 is 2.74 bits per heavy atom. The predicted molar refractivity (Wildman–Crippen MR) is 72.6 cm³/mol. The molecule has 0 spiro atoms. The number of aliphatic hydroxyl groups is 1. The molecule has 1 N–H and O–H groups in total. The molecular weight excluding hydrogens is 262 g/mol. The van der Waals surface area contributed by atoms with Crippen molar-refractivity contribution >= 4 is 17.2 Å². The second kappa shape index (κ2) is 6.15. The van der Waals surface area contributed by atoms with Gasteiger partial charge in [-0.25, -0.2) is 0 Å². The Morgan fingerprint density at radius 1 is 1.53 bits per heavy atom. The zero-order valence-corrected chi connectivity index (χ0v) is 11.7. The molecule has 102 valence electrons. The highest BCUT2D eigenvalue weighted by Crippen LogP contribution is 2.17. The van der Waals surface area contributed by atoms with Gasteiger partial charge in [-0.2, -0.15) is 5.26 Å². The van der Waals surface area contributed by atoms with Gasteiger partial charge in [-0.05, 0) is 13.0 Å². The number of nitriles is 1. The molecule has 1 aromatic heterocycles. The minimum absolute atomic E-state index is 0.192. The van der Waals surface area contributed by atoms with Crippen molar-refractivity contribution in [3.8, 4) is 6.07 Å². The molecule has 1 unspecified atom stereocenters. The van der Waals surface area contributed by atoms with Crippen molar-refractivity contribution in [3.63, 3.8) is 0 Å². The Morgan fingerprint density at radius 2 is 2.21 bits per heavy atom. The van der Waals surface area contributed by atoms with Crippen molar-refractivity contribution in [1.29, 1.82) is 5.26 Å². The lowest BCUT2D eigenvalue weighted by Crippen LogP contribution is -2.50. The molecule has 0 saturated carbocycles. The summed E-state index contributed by atoms with van der Waals surface area (Å²) in [5, 5.41) is 19.9. The fourth-order valence-corrected chi connectivity index (χ4v) is 2.98. The number of amides is 1. The number of aliphatic hydroxyl groups excluding tert-OH is 1. The highest BCUT2D eigenvalue weighted by Gasteiger charge is 2.23. The van der Waals surface area contributed by atoms with Crippen molar-refractivity contribution in [1.82, 2.24) is 9.80 Å². The molecule has 1 fully saturated rings. The smallest absolute Gasteiger partial charge is 0.251 e. The maximum Gasteiger partial charge on any atom is 0.251 e. The van der Waals surface area contributed by atoms with Crippen molar-refractivity contribution in [2.45, 2.75) is 19.6 Å². The van der Waals surface area contributed by atoms with Crippen LogP contribution in [0.3, 0.4) is 0 Å². The minimum atomic E-state index is -0.915. The lowest BCUT2D eigenvalue weighted by Gasteiger charge is -2.35. The molecule has 0 aliphatic carbocycles. The van der Waals surface area contributed by atoms with Crippen LogP contribution in [0.1, 0.15) is 17.4 Å². The van der Waals surface area contributed by atoms with E-state index in [0.717, 1.165) is 19.6 Å². The van der Waals surface area contributed by atoms with Crippen molar-refractivity contribution in [3.05, 3.63) is 21.9 Å². The molecule has 0 bridgehead atoms. The molecule has 1 aromatic rings. The molecule has 0 radical (unpaired) electrons. The Hall–Kier alpha value is -1.42. The highest BCUT2D eigenvalue weighted by molar-refractivity contribution is 7.10. The van der Waals surface area contributed by atoms with Crippen LogP contribution in [0.2, 0.25) is 0 Å². The summed E-state index contributed by atoms with van der Waals surface area (Å²) in [7, 11) is 0. The lowest BCUT2D eigenvalue weighted by molar-refractivity contribution is -0.141. The first-order chi connectivity index (χ1) is 9.10. The quantitative estimate of drug-likeness (QED) is 0.882. The third-order valence-electron chi connectivity index (χ3n) is 3.20. The van der Waals surface area contributed by atoms with Gasteiger partial charge in [-0.3, -0.25) is 9.69 Å². The van der Waals surface area contributed by atoms with E-state index < -0.39 is 6.10 Å². The second-order valence-electron chi connectivity index (χ2n) is 4.69. The van der Waals surface area contributed by atoms with Gasteiger partial charge in [0.15, 0.2) is 0 Å². The molecule has 1 aliphatic heterocycles. The third kappa shape index (κ3) is 3.53. The summed E-state index contributed by atoms with van der Waals surface area (Å²) in [5.41, 5.74) is 0.711. The zero-order chi connectivity index (χ0) is 13.8. The molecule has 5 nitrogen and oxygen atoms in total. The Bertz CT molecular complexity index is 484. The standard InChI is InChI=1S/C13H17N3O2S/c1-10(17)13(18)16-4-2-15(3-5-16)8-12-6-11(7-14)9-19-12/h6,9-10,17H,2-5,8H2,1H3. The zero-order valence-electron chi connectivity index (χ0n) is 10.9. The first-order valence-electron chi connectivity index (χ1n) is 6.27. The summed E-state index contributed by atoms with van der Waals surface area (Å²) in [6, 6.07) is 4.04. The van der Waals surface area contributed by atoms with Gasteiger partial charge in [0.2, 0.25) is 0 Å². The minimum Gasteiger partial charge on any atom is -0.384 e. The van der Waals surface area contributed by atoms with Gasteiger partial charge in [-0.1, -0.05) is 0 Å². The van der Waals surface area contributed by atoms with E-state index in [0.29, 0.717) is 18.7 Å². The van der Waals surface area contributed by atoms with Crippen LogP contribution in [0.15, 0.2) is 11.4 Å². The Kier molecular flexibility index (Phi) is 4.53. The third-order valence-corrected chi connectivity index (χ3v) is 4.13. The van der Waals surface area contributed by atoms with Crippen LogP contribution < -0.4 is 0 Å². The van der Waals surface area contributed by atoms with Crippen molar-refractivity contribution < 1.29 is 9.90 Å². The van der Waals surface area contributed by atoms with E-state index in [-0.39, 0.29) is 5.91 Å². The first-order valence-corrected chi connectivity index (χ1v) is 7.15. The topological polar surface area (TPSA) is 67.6 Å². The summed E-state index contributed by atoms with van der Waals surface area (Å²) in [4.78, 5) is 16.8. The number of piperazine rings is 1. The molecule has 1 amide bonds. The number of carbonyl (C=O) groups is 1. The van der Waals surface area contributed by atoms with Crippen molar-refractivity contribution in [2.24, 2.45) is 0 Å². The molecule has 6 heteroatoms. The molecule has 1 atom stereocenters. The number of nitrogens with zero attached hydrogens (tertiary/aromatic N) is 3. The molecule has 0 aromatic carbocycles.